The third-order valence-electron chi connectivity index (χ3n) is 4.64. The molecule has 2 heterocycles. The Bertz CT molecular complexity index is 898. The molecule has 0 unspecified atom stereocenters. The van der Waals surface area contributed by atoms with Crippen LogP contribution >= 0.6 is 0 Å². The highest BCUT2D eigenvalue weighted by molar-refractivity contribution is 7.89. The molecule has 0 saturated heterocycles. The summed E-state index contributed by atoms with van der Waals surface area (Å²) in [6.45, 7) is 3.51. The number of benzene rings is 1. The van der Waals surface area contributed by atoms with Gasteiger partial charge in [-0.1, -0.05) is 25.5 Å². The quantitative estimate of drug-likeness (QED) is 0.709. The molecule has 1 aromatic heterocycles. The molecule has 0 amide bonds. The highest BCUT2D eigenvalue weighted by atomic mass is 32.2. The molecule has 142 valence electrons. The Hall–Kier alpha value is -1.93. The van der Waals surface area contributed by atoms with Gasteiger partial charge in [0.05, 0.1) is 4.90 Å². The van der Waals surface area contributed by atoms with Crippen molar-refractivity contribution in [2.45, 2.75) is 63.4 Å². The lowest BCUT2D eigenvalue weighted by Crippen LogP contribution is -2.29. The molecule has 0 radical (unpaired) electrons. The summed E-state index contributed by atoms with van der Waals surface area (Å²) >= 11 is 0. The van der Waals surface area contributed by atoms with E-state index in [2.05, 4.69) is 16.7 Å². The highest BCUT2D eigenvalue weighted by Crippen LogP contribution is 2.12. The van der Waals surface area contributed by atoms with E-state index < -0.39 is 10.0 Å². The minimum atomic E-state index is -3.52. The average molecular weight is 378 g/mol. The Kier molecular flexibility index (Phi) is 5.93. The molecule has 1 aromatic carbocycles. The summed E-state index contributed by atoms with van der Waals surface area (Å²) in [5.74, 6) is 0.842. The summed E-state index contributed by atoms with van der Waals surface area (Å²) in [5.41, 5.74) is 1.05. The van der Waals surface area contributed by atoms with E-state index in [0.29, 0.717) is 13.0 Å². The van der Waals surface area contributed by atoms with E-state index in [4.69, 9.17) is 0 Å². The van der Waals surface area contributed by atoms with E-state index in [1.54, 1.807) is 16.7 Å². The third-order valence-corrected chi connectivity index (χ3v) is 6.12. The summed E-state index contributed by atoms with van der Waals surface area (Å²) < 4.78 is 30.5. The van der Waals surface area contributed by atoms with Gasteiger partial charge in [-0.3, -0.25) is 4.57 Å². The van der Waals surface area contributed by atoms with E-state index >= 15 is 0 Å². The molecule has 0 spiro atoms. The van der Waals surface area contributed by atoms with Crippen LogP contribution in [0.1, 0.15) is 44.0 Å². The first-order valence-corrected chi connectivity index (χ1v) is 10.7. The van der Waals surface area contributed by atoms with E-state index in [0.717, 1.165) is 50.0 Å². The largest absolute Gasteiger partial charge is 0.345 e. The zero-order valence-corrected chi connectivity index (χ0v) is 16.0. The van der Waals surface area contributed by atoms with Crippen molar-refractivity contribution in [3.8, 4) is 0 Å². The SMILES string of the molecule is CCCc1ccc(S(=O)(=O)NCCCn2nc3n(c2=O)CCCC3)cc1. The fourth-order valence-electron chi connectivity index (χ4n) is 3.24. The van der Waals surface area contributed by atoms with Gasteiger partial charge in [-0.25, -0.2) is 22.6 Å². The van der Waals surface area contributed by atoms with E-state index in [1.165, 1.54) is 4.68 Å². The summed E-state index contributed by atoms with van der Waals surface area (Å²) in [4.78, 5) is 12.5. The Morgan fingerprint density at radius 1 is 1.19 bits per heavy atom. The molecule has 2 aromatic rings. The molecule has 0 saturated carbocycles. The van der Waals surface area contributed by atoms with Crippen LogP contribution < -0.4 is 10.4 Å². The van der Waals surface area contributed by atoms with Gasteiger partial charge in [-0.05, 0) is 43.4 Å². The van der Waals surface area contributed by atoms with E-state index in [9.17, 15) is 13.2 Å². The predicted molar refractivity (Wildman–Crippen MR) is 99.7 cm³/mol. The van der Waals surface area contributed by atoms with Crippen LogP contribution in [-0.2, 0) is 36.0 Å². The summed E-state index contributed by atoms with van der Waals surface area (Å²) in [6.07, 6.45) is 5.40. The van der Waals surface area contributed by atoms with Crippen LogP contribution in [0.2, 0.25) is 0 Å². The normalized spacial score (nSPS) is 14.3. The minimum absolute atomic E-state index is 0.0888. The molecule has 1 N–H and O–H groups in total. The fourth-order valence-corrected chi connectivity index (χ4v) is 4.31. The van der Waals surface area contributed by atoms with Gasteiger partial charge in [0.2, 0.25) is 10.0 Å². The molecule has 7 nitrogen and oxygen atoms in total. The predicted octanol–water partition coefficient (Wildman–Crippen LogP) is 1.70. The molecule has 0 fully saturated rings. The van der Waals surface area contributed by atoms with Crippen LogP contribution in [0.15, 0.2) is 34.0 Å². The maximum Gasteiger partial charge on any atom is 0.345 e. The second-order valence-corrected chi connectivity index (χ2v) is 8.44. The first kappa shape index (κ1) is 18.8. The van der Waals surface area contributed by atoms with Crippen molar-refractivity contribution >= 4 is 10.0 Å². The number of aromatic nitrogens is 3. The van der Waals surface area contributed by atoms with Crippen LogP contribution in [0.25, 0.3) is 0 Å². The Morgan fingerprint density at radius 3 is 2.65 bits per heavy atom. The van der Waals surface area contributed by atoms with Gasteiger partial charge >= 0.3 is 5.69 Å². The van der Waals surface area contributed by atoms with Crippen LogP contribution in [0.3, 0.4) is 0 Å². The smallest absolute Gasteiger partial charge is 0.279 e. The van der Waals surface area contributed by atoms with Crippen molar-refractivity contribution in [3.63, 3.8) is 0 Å². The van der Waals surface area contributed by atoms with Gasteiger partial charge in [-0.15, -0.1) is 0 Å². The van der Waals surface area contributed by atoms with Gasteiger partial charge in [0.1, 0.15) is 5.82 Å². The van der Waals surface area contributed by atoms with Gasteiger partial charge in [0.25, 0.3) is 0 Å². The third kappa shape index (κ3) is 4.24. The number of hydrogen-bond acceptors (Lipinski definition) is 4. The molecule has 8 heteroatoms. The van der Waals surface area contributed by atoms with Crippen LogP contribution in [0, 0.1) is 0 Å². The minimum Gasteiger partial charge on any atom is -0.279 e. The van der Waals surface area contributed by atoms with Crippen molar-refractivity contribution < 1.29 is 8.42 Å². The molecule has 26 heavy (non-hydrogen) atoms. The van der Waals surface area contributed by atoms with E-state index in [1.807, 2.05) is 12.1 Å². The number of nitrogens with zero attached hydrogens (tertiary/aromatic N) is 3. The average Bonchev–Trinajstić information content (AvgIpc) is 2.96. The molecular formula is C18H26N4O3S. The lowest BCUT2D eigenvalue weighted by molar-refractivity contribution is 0.508. The number of fused-ring (bicyclic) bond motifs is 1. The number of sulfonamides is 1. The lowest BCUT2D eigenvalue weighted by Gasteiger charge is -2.09. The molecule has 3 rings (SSSR count). The Morgan fingerprint density at radius 2 is 1.96 bits per heavy atom. The van der Waals surface area contributed by atoms with Crippen LogP contribution in [-0.4, -0.2) is 29.3 Å². The molecular weight excluding hydrogens is 352 g/mol. The fraction of sp³-hybridized carbons (Fsp3) is 0.556. The number of nitrogens with one attached hydrogen (secondary N) is 1. The second kappa shape index (κ2) is 8.18. The Labute approximate surface area is 154 Å². The molecule has 0 atom stereocenters. The summed E-state index contributed by atoms with van der Waals surface area (Å²) in [7, 11) is -3.52. The summed E-state index contributed by atoms with van der Waals surface area (Å²) in [6, 6.07) is 6.99. The lowest BCUT2D eigenvalue weighted by atomic mass is 10.1. The molecule has 1 aliphatic rings. The number of hydrogen-bond donors (Lipinski definition) is 1. The topological polar surface area (TPSA) is 86.0 Å². The van der Waals surface area contributed by atoms with Crippen LogP contribution in [0.4, 0.5) is 0 Å². The molecule has 0 bridgehead atoms. The van der Waals surface area contributed by atoms with Gasteiger partial charge in [0, 0.05) is 26.1 Å². The maximum absolute atomic E-state index is 12.3. The highest BCUT2D eigenvalue weighted by Gasteiger charge is 2.17. The molecule has 0 aliphatic carbocycles. The van der Waals surface area contributed by atoms with Crippen molar-refractivity contribution in [2.24, 2.45) is 0 Å². The van der Waals surface area contributed by atoms with Gasteiger partial charge in [-0.2, -0.15) is 5.10 Å². The van der Waals surface area contributed by atoms with E-state index in [-0.39, 0.29) is 17.1 Å². The van der Waals surface area contributed by atoms with Crippen molar-refractivity contribution in [1.82, 2.24) is 19.1 Å². The van der Waals surface area contributed by atoms with Crippen molar-refractivity contribution in [2.75, 3.05) is 6.54 Å². The standard InChI is InChI=1S/C18H26N4O3S/c1-2-6-15-8-10-16(11-9-15)26(24,25)19-12-5-14-22-18(23)21-13-4-3-7-17(21)20-22/h8-11,19H,2-7,12-14H2,1H3. The van der Waals surface area contributed by atoms with Gasteiger partial charge in [0.15, 0.2) is 0 Å². The first-order chi connectivity index (χ1) is 12.5. The maximum atomic E-state index is 12.3. The Balaban J connectivity index is 1.54. The zero-order chi connectivity index (χ0) is 18.6. The monoisotopic (exact) mass is 378 g/mol. The van der Waals surface area contributed by atoms with Crippen molar-refractivity contribution in [3.05, 3.63) is 46.1 Å². The van der Waals surface area contributed by atoms with Crippen LogP contribution in [0.5, 0.6) is 0 Å². The second-order valence-electron chi connectivity index (χ2n) is 6.68. The summed E-state index contributed by atoms with van der Waals surface area (Å²) in [5, 5.41) is 4.36. The zero-order valence-electron chi connectivity index (χ0n) is 15.1. The van der Waals surface area contributed by atoms with Gasteiger partial charge < -0.3 is 0 Å². The first-order valence-electron chi connectivity index (χ1n) is 9.26. The molecule has 1 aliphatic heterocycles. The number of aryl methyl sites for hydroxylation is 3. The number of rotatable bonds is 8. The van der Waals surface area contributed by atoms with Crippen molar-refractivity contribution in [1.29, 1.82) is 0 Å².